The monoisotopic (exact) mass is 1570 g/mol. The second kappa shape index (κ2) is 39.9. The number of fused-ring (bicyclic) bond motifs is 1. The number of likely N-dealkylation sites (tertiary alicyclic amines) is 1. The van der Waals surface area contributed by atoms with E-state index in [1.54, 1.807) is 0 Å². The largest absolute Gasteiger partial charge is 0.367 e. The van der Waals surface area contributed by atoms with Crippen LogP contribution in [0.5, 0.6) is 0 Å². The maximum Gasteiger partial charge on any atom is 0.229 e. The molecule has 17 rings (SSSR count). The zero-order chi connectivity index (χ0) is 73.2. The van der Waals surface area contributed by atoms with Crippen molar-refractivity contribution in [2.75, 3.05) is 24.3 Å². The molecule has 1 saturated carbocycles. The first kappa shape index (κ1) is 77.2. The molecule has 1 saturated heterocycles. The molecular formula is C96H85N5O2P4Pd. The van der Waals surface area contributed by atoms with Gasteiger partial charge in [-0.05, 0) is 143 Å². The molecule has 2 heterocycles. The molecular weight excluding hydrogens is 1490 g/mol. The fourth-order valence-electron chi connectivity index (χ4n) is 12.6. The van der Waals surface area contributed by atoms with Crippen LogP contribution in [0.3, 0.4) is 0 Å². The van der Waals surface area contributed by atoms with Crippen LogP contribution < -0.4 is 73.9 Å². The first-order chi connectivity index (χ1) is 52.8. The first-order valence-electron chi connectivity index (χ1n) is 36.3. The third kappa shape index (κ3) is 21.2. The maximum atomic E-state index is 12.0. The van der Waals surface area contributed by atoms with Gasteiger partial charge >= 0.3 is 0 Å². The Balaban J connectivity index is 0.000000128. The van der Waals surface area contributed by atoms with Gasteiger partial charge in [0.05, 0.1) is 12.1 Å². The summed E-state index contributed by atoms with van der Waals surface area (Å²) in [5.41, 5.74) is 3.92. The maximum absolute atomic E-state index is 12.0. The molecule has 536 valence electrons. The molecule has 108 heavy (non-hydrogen) atoms. The summed E-state index contributed by atoms with van der Waals surface area (Å²) < 4.78 is 0. The van der Waals surface area contributed by atoms with E-state index in [4.69, 9.17) is 9.97 Å². The molecule has 7 nitrogen and oxygen atoms in total. The van der Waals surface area contributed by atoms with E-state index in [0.29, 0.717) is 31.4 Å². The Labute approximate surface area is 655 Å². The third-order valence-electron chi connectivity index (χ3n) is 17.9. The van der Waals surface area contributed by atoms with Crippen LogP contribution in [0.15, 0.2) is 406 Å². The summed E-state index contributed by atoms with van der Waals surface area (Å²) in [5, 5.41) is 21.3. The van der Waals surface area contributed by atoms with Gasteiger partial charge in [0.15, 0.2) is 0 Å². The Morgan fingerprint density at radius 3 is 0.833 bits per heavy atom. The minimum absolute atomic E-state index is 0. The SMILES string of the molecule is CN(C)c1nc(NC2CC2)c2cc(-c3cccc(CN4C(=O)CCC4=O)c3)ccc2n1.[Pd].c1ccc(P(c2ccccc2)c2ccccc2)cc1.c1ccc(P(c2ccccc2)c2ccccc2)cc1.c1ccc(P(c2ccccc2)c2ccccc2)cc1.c1ccc(P(c2ccccc2)c2ccccc2)cc1. The zero-order valence-electron chi connectivity index (χ0n) is 60.5. The summed E-state index contributed by atoms with van der Waals surface area (Å²) in [6.07, 6.45) is 2.96. The van der Waals surface area contributed by atoms with Crippen molar-refractivity contribution in [1.82, 2.24) is 14.9 Å². The van der Waals surface area contributed by atoms with Crippen LogP contribution in [-0.4, -0.2) is 46.8 Å². The minimum atomic E-state index is -0.446. The Bertz CT molecular complexity index is 4330. The summed E-state index contributed by atoms with van der Waals surface area (Å²) in [6, 6.07) is 144. The molecule has 15 aromatic rings. The van der Waals surface area contributed by atoms with E-state index in [-0.39, 0.29) is 32.2 Å². The number of nitrogens with zero attached hydrogens (tertiary/aromatic N) is 4. The van der Waals surface area contributed by atoms with E-state index in [1.165, 1.54) is 81.4 Å². The molecule has 0 spiro atoms. The van der Waals surface area contributed by atoms with E-state index in [0.717, 1.165) is 33.4 Å². The number of anilines is 2. The van der Waals surface area contributed by atoms with Crippen molar-refractivity contribution in [2.24, 2.45) is 0 Å². The van der Waals surface area contributed by atoms with Crippen molar-refractivity contribution < 1.29 is 30.0 Å². The Hall–Kier alpha value is -10.5. The van der Waals surface area contributed by atoms with Crippen LogP contribution in [-0.2, 0) is 36.6 Å². The van der Waals surface area contributed by atoms with E-state index in [1.807, 2.05) is 49.3 Å². The molecule has 1 aliphatic heterocycles. The van der Waals surface area contributed by atoms with Crippen molar-refractivity contribution in [1.29, 1.82) is 0 Å². The van der Waals surface area contributed by atoms with Crippen LogP contribution in [0.4, 0.5) is 11.8 Å². The van der Waals surface area contributed by atoms with Crippen LogP contribution >= 0.6 is 31.7 Å². The van der Waals surface area contributed by atoms with Crippen LogP contribution in [0.2, 0.25) is 0 Å². The molecule has 2 amide bonds. The number of hydrogen-bond acceptors (Lipinski definition) is 6. The van der Waals surface area contributed by atoms with Crippen LogP contribution in [0.25, 0.3) is 22.0 Å². The molecule has 0 atom stereocenters. The van der Waals surface area contributed by atoms with E-state index < -0.39 is 31.7 Å². The van der Waals surface area contributed by atoms with Crippen molar-refractivity contribution in [3.63, 3.8) is 0 Å². The number of benzene rings is 14. The number of rotatable bonds is 18. The molecule has 2 aliphatic rings. The molecule has 0 unspecified atom stereocenters. The van der Waals surface area contributed by atoms with Crippen molar-refractivity contribution in [3.8, 4) is 11.1 Å². The Kier molecular flexibility index (Phi) is 28.5. The second-order valence-electron chi connectivity index (χ2n) is 25.9. The van der Waals surface area contributed by atoms with Gasteiger partial charge in [0.2, 0.25) is 17.8 Å². The minimum Gasteiger partial charge on any atom is -0.367 e. The van der Waals surface area contributed by atoms with Crippen molar-refractivity contribution in [3.05, 3.63) is 412 Å². The number of amides is 2. The predicted molar refractivity (Wildman–Crippen MR) is 461 cm³/mol. The number of aromatic nitrogens is 2. The standard InChI is InChI=1S/C24H25N5O2.4C18H15P.Pd/c1-28(2)24-26-20-9-6-17(13-19(20)23(27-24)25-18-7-8-18)16-5-3-4-15(12-16)14-29-21(30)10-11-22(29)31;4*1-4-10-16(11-5-1)19(17-12-6-2-7-13-17)18-14-8-3-9-15-18;/h3-6,9,12-13,18H,7-8,10-11,14H2,1-2H3,(H,25,26,27);4*1-15H;. The number of carbonyl (C=O) groups excluding carboxylic acids is 2. The van der Waals surface area contributed by atoms with Crippen molar-refractivity contribution in [2.45, 2.75) is 38.3 Å². The molecule has 12 heteroatoms. The number of carbonyl (C=O) groups is 2. The Morgan fingerprint density at radius 2 is 0.583 bits per heavy atom. The van der Waals surface area contributed by atoms with Gasteiger partial charge in [0.25, 0.3) is 0 Å². The van der Waals surface area contributed by atoms with Gasteiger partial charge in [-0.1, -0.05) is 388 Å². The molecule has 0 bridgehead atoms. The zero-order valence-corrected chi connectivity index (χ0v) is 65.6. The number of imide groups is 1. The average molecular weight is 1570 g/mol. The first-order valence-corrected chi connectivity index (χ1v) is 41.6. The van der Waals surface area contributed by atoms with E-state index in [9.17, 15) is 9.59 Å². The van der Waals surface area contributed by atoms with Crippen LogP contribution in [0.1, 0.15) is 31.2 Å². The van der Waals surface area contributed by atoms with Gasteiger partial charge in [0.1, 0.15) is 5.82 Å². The molecule has 1 N–H and O–H groups in total. The van der Waals surface area contributed by atoms with Crippen molar-refractivity contribution >= 4 is 130 Å². The summed E-state index contributed by atoms with van der Waals surface area (Å²) >= 11 is 0. The summed E-state index contributed by atoms with van der Waals surface area (Å²) in [6.45, 7) is 0.322. The van der Waals surface area contributed by atoms with Gasteiger partial charge in [-0.15, -0.1) is 0 Å². The third-order valence-corrected chi connectivity index (χ3v) is 27.7. The molecule has 14 aromatic carbocycles. The summed E-state index contributed by atoms with van der Waals surface area (Å²) in [5.74, 6) is 1.37. The predicted octanol–water partition coefficient (Wildman–Crippen LogP) is 17.4. The van der Waals surface area contributed by atoms with Gasteiger partial charge < -0.3 is 10.2 Å². The normalized spacial score (nSPS) is 12.1. The Morgan fingerprint density at radius 1 is 0.324 bits per heavy atom. The molecule has 0 radical (unpaired) electrons. The number of nitrogens with one attached hydrogen (secondary N) is 1. The molecule has 1 aromatic heterocycles. The van der Waals surface area contributed by atoms with E-state index >= 15 is 0 Å². The fourth-order valence-corrected chi connectivity index (χ4v) is 21.8. The topological polar surface area (TPSA) is 78.4 Å². The average Bonchev–Trinajstić information content (AvgIpc) is 1.28. The summed E-state index contributed by atoms with van der Waals surface area (Å²) in [7, 11) is 2.10. The molecule has 1 aliphatic carbocycles. The van der Waals surface area contributed by atoms with Gasteiger partial charge in [-0.2, -0.15) is 4.98 Å². The second-order valence-corrected chi connectivity index (χ2v) is 34.7. The van der Waals surface area contributed by atoms with Crippen LogP contribution in [0, 0.1) is 0 Å². The van der Waals surface area contributed by atoms with Gasteiger partial charge in [0, 0.05) is 58.8 Å². The van der Waals surface area contributed by atoms with E-state index in [2.05, 4.69) is 381 Å². The summed E-state index contributed by atoms with van der Waals surface area (Å²) in [4.78, 5) is 36.7. The van der Waals surface area contributed by atoms with Gasteiger partial charge in [-0.3, -0.25) is 14.5 Å². The quantitative estimate of drug-likeness (QED) is 0.0524. The molecule has 2 fully saturated rings. The fraction of sp³-hybridized carbons (Fsp3) is 0.0833. The van der Waals surface area contributed by atoms with Gasteiger partial charge in [-0.25, -0.2) is 4.98 Å². The smallest absolute Gasteiger partial charge is 0.229 e. The number of hydrogen-bond donors (Lipinski definition) is 1.